The van der Waals surface area contributed by atoms with Gasteiger partial charge in [-0.3, -0.25) is 4.79 Å². The Hall–Kier alpha value is -1.36. The Morgan fingerprint density at radius 3 is 2.50 bits per heavy atom. The molecule has 5 nitrogen and oxygen atoms in total. The highest BCUT2D eigenvalue weighted by atomic mass is 16.6. The second kappa shape index (κ2) is 4.51. The number of aliphatic hydroxyl groups is 1. The van der Waals surface area contributed by atoms with Crippen molar-refractivity contribution in [3.8, 4) is 0 Å². The monoisotopic (exact) mass is 145 g/mol. The highest BCUT2D eigenvalue weighted by molar-refractivity contribution is 5.93. The van der Waals surface area contributed by atoms with E-state index in [1.807, 2.05) is 0 Å². The second-order valence-corrected chi connectivity index (χ2v) is 1.33. The fourth-order valence-electron chi connectivity index (χ4n) is 0.262. The van der Waals surface area contributed by atoms with Gasteiger partial charge in [0.15, 0.2) is 6.79 Å². The van der Waals surface area contributed by atoms with Crippen molar-refractivity contribution in [2.24, 2.45) is 5.73 Å². The van der Waals surface area contributed by atoms with Crippen molar-refractivity contribution in [3.63, 3.8) is 0 Å². The fourth-order valence-corrected chi connectivity index (χ4v) is 0.262. The number of primary amides is 1. The van der Waals surface area contributed by atoms with Crippen LogP contribution >= 0.6 is 0 Å². The average molecular weight is 145 g/mol. The molecule has 0 aromatic heterocycles. The lowest BCUT2D eigenvalue weighted by Gasteiger charge is -1.91. The van der Waals surface area contributed by atoms with Gasteiger partial charge in [-0.1, -0.05) is 0 Å². The number of hydrogen-bond donors (Lipinski definition) is 2. The van der Waals surface area contributed by atoms with Crippen LogP contribution < -0.4 is 5.73 Å². The van der Waals surface area contributed by atoms with Crippen LogP contribution in [0.4, 0.5) is 0 Å². The lowest BCUT2D eigenvalue weighted by Crippen LogP contribution is -2.08. The van der Waals surface area contributed by atoms with Gasteiger partial charge in [0.05, 0.1) is 0 Å². The van der Waals surface area contributed by atoms with Crippen molar-refractivity contribution >= 4 is 11.9 Å². The summed E-state index contributed by atoms with van der Waals surface area (Å²) in [5.41, 5.74) is 4.64. The van der Waals surface area contributed by atoms with Gasteiger partial charge in [0.2, 0.25) is 5.91 Å². The van der Waals surface area contributed by atoms with Gasteiger partial charge in [0, 0.05) is 12.2 Å². The van der Waals surface area contributed by atoms with Gasteiger partial charge in [-0.15, -0.1) is 0 Å². The second-order valence-electron chi connectivity index (χ2n) is 1.33. The van der Waals surface area contributed by atoms with E-state index in [4.69, 9.17) is 5.11 Å². The summed E-state index contributed by atoms with van der Waals surface area (Å²) in [6.45, 7) is -0.706. The Morgan fingerprint density at radius 1 is 1.50 bits per heavy atom. The third kappa shape index (κ3) is 4.79. The molecule has 0 spiro atoms. The average Bonchev–Trinajstić information content (AvgIpc) is 1.85. The molecule has 5 heteroatoms. The Labute approximate surface area is 57.1 Å². The minimum absolute atomic E-state index is 0.706. The molecule has 0 saturated carbocycles. The summed E-state index contributed by atoms with van der Waals surface area (Å²) in [5.74, 6) is -1.55. The number of nitrogens with two attached hydrogens (primary N) is 1. The maximum Gasteiger partial charge on any atom is 0.333 e. The first-order valence-electron chi connectivity index (χ1n) is 2.42. The van der Waals surface area contributed by atoms with Crippen LogP contribution in [0.15, 0.2) is 12.2 Å². The van der Waals surface area contributed by atoms with Crippen molar-refractivity contribution in [2.45, 2.75) is 0 Å². The molecule has 0 aromatic rings. The molecule has 0 aromatic carbocycles. The van der Waals surface area contributed by atoms with Crippen molar-refractivity contribution in [1.29, 1.82) is 0 Å². The van der Waals surface area contributed by atoms with Gasteiger partial charge < -0.3 is 15.6 Å². The molecule has 3 N–H and O–H groups in total. The third-order valence-corrected chi connectivity index (χ3v) is 0.590. The van der Waals surface area contributed by atoms with Crippen LogP contribution in [0.5, 0.6) is 0 Å². The van der Waals surface area contributed by atoms with Crippen molar-refractivity contribution in [2.75, 3.05) is 6.79 Å². The van der Waals surface area contributed by atoms with E-state index < -0.39 is 18.7 Å². The highest BCUT2D eigenvalue weighted by Crippen LogP contribution is 1.78. The maximum absolute atomic E-state index is 10.3. The molecule has 0 aliphatic heterocycles. The van der Waals surface area contributed by atoms with E-state index in [-0.39, 0.29) is 0 Å². The summed E-state index contributed by atoms with van der Waals surface area (Å²) in [7, 11) is 0. The van der Waals surface area contributed by atoms with E-state index in [0.717, 1.165) is 12.2 Å². The Bertz CT molecular complexity index is 163. The number of amides is 1. The molecule has 0 aliphatic carbocycles. The maximum atomic E-state index is 10.3. The van der Waals surface area contributed by atoms with Crippen LogP contribution in [0.25, 0.3) is 0 Å². The quantitative estimate of drug-likeness (QED) is 0.288. The summed E-state index contributed by atoms with van der Waals surface area (Å²) >= 11 is 0. The molecule has 1 amide bonds. The number of carbonyl (C=O) groups is 2. The van der Waals surface area contributed by atoms with E-state index in [1.165, 1.54) is 0 Å². The SMILES string of the molecule is NC(=O)C=CC(=O)OCO. The lowest BCUT2D eigenvalue weighted by atomic mass is 10.5. The zero-order valence-corrected chi connectivity index (χ0v) is 5.11. The van der Waals surface area contributed by atoms with Gasteiger partial charge in [0.1, 0.15) is 0 Å². The zero-order valence-electron chi connectivity index (χ0n) is 5.11. The van der Waals surface area contributed by atoms with Crippen molar-refractivity contribution < 1.29 is 19.4 Å². The molecular formula is C5H7NO4. The number of hydrogen-bond acceptors (Lipinski definition) is 4. The number of esters is 1. The lowest BCUT2D eigenvalue weighted by molar-refractivity contribution is -0.145. The molecule has 0 unspecified atom stereocenters. The van der Waals surface area contributed by atoms with Crippen LogP contribution in [0.2, 0.25) is 0 Å². The van der Waals surface area contributed by atoms with Crippen LogP contribution in [0, 0.1) is 0 Å². The summed E-state index contributed by atoms with van der Waals surface area (Å²) in [6.07, 6.45) is 1.68. The first-order chi connectivity index (χ1) is 4.66. The molecule has 0 saturated heterocycles. The topological polar surface area (TPSA) is 89.6 Å². The molecular weight excluding hydrogens is 138 g/mol. The summed E-state index contributed by atoms with van der Waals surface area (Å²) in [5, 5.41) is 8.01. The zero-order chi connectivity index (χ0) is 7.98. The van der Waals surface area contributed by atoms with Crippen molar-refractivity contribution in [1.82, 2.24) is 0 Å². The molecule has 0 heterocycles. The molecule has 56 valence electrons. The van der Waals surface area contributed by atoms with Crippen LogP contribution in [-0.2, 0) is 14.3 Å². The first kappa shape index (κ1) is 8.64. The van der Waals surface area contributed by atoms with E-state index >= 15 is 0 Å². The van der Waals surface area contributed by atoms with E-state index in [0.29, 0.717) is 0 Å². The summed E-state index contributed by atoms with van der Waals surface area (Å²) in [6, 6.07) is 0. The molecule has 0 radical (unpaired) electrons. The predicted molar refractivity (Wildman–Crippen MR) is 31.5 cm³/mol. The van der Waals surface area contributed by atoms with Gasteiger partial charge in [0.25, 0.3) is 0 Å². The van der Waals surface area contributed by atoms with E-state index in [9.17, 15) is 9.59 Å². The van der Waals surface area contributed by atoms with Gasteiger partial charge in [-0.05, 0) is 0 Å². The molecule has 0 atom stereocenters. The smallest absolute Gasteiger partial charge is 0.333 e. The summed E-state index contributed by atoms with van der Waals surface area (Å²) < 4.78 is 4.01. The van der Waals surface area contributed by atoms with Gasteiger partial charge >= 0.3 is 5.97 Å². The molecule has 0 rings (SSSR count). The Balaban J connectivity index is 3.67. The molecule has 0 bridgehead atoms. The van der Waals surface area contributed by atoms with Crippen LogP contribution in [-0.4, -0.2) is 23.8 Å². The Kier molecular flexibility index (Phi) is 3.90. The standard InChI is InChI=1S/C5H7NO4/c6-4(8)1-2-5(9)10-3-7/h1-2,7H,3H2,(H2,6,8). The number of carbonyl (C=O) groups excluding carboxylic acids is 2. The largest absolute Gasteiger partial charge is 0.436 e. The van der Waals surface area contributed by atoms with Crippen LogP contribution in [0.1, 0.15) is 0 Å². The van der Waals surface area contributed by atoms with Crippen LogP contribution in [0.3, 0.4) is 0 Å². The number of ether oxygens (including phenoxy) is 1. The summed E-state index contributed by atoms with van der Waals surface area (Å²) in [4.78, 5) is 20.2. The van der Waals surface area contributed by atoms with E-state index in [1.54, 1.807) is 0 Å². The minimum atomic E-state index is -0.804. The number of rotatable bonds is 3. The third-order valence-electron chi connectivity index (χ3n) is 0.590. The molecule has 10 heavy (non-hydrogen) atoms. The molecule has 0 fully saturated rings. The normalized spacial score (nSPS) is 9.70. The molecule has 0 aliphatic rings. The van der Waals surface area contributed by atoms with Gasteiger partial charge in [-0.25, -0.2) is 4.79 Å². The Morgan fingerprint density at radius 2 is 2.10 bits per heavy atom. The predicted octanol–water partition coefficient (Wildman–Crippen LogP) is -1.48. The highest BCUT2D eigenvalue weighted by Gasteiger charge is 1.93. The minimum Gasteiger partial charge on any atom is -0.436 e. The van der Waals surface area contributed by atoms with Gasteiger partial charge in [-0.2, -0.15) is 0 Å². The fraction of sp³-hybridized carbons (Fsp3) is 0.200. The first-order valence-corrected chi connectivity index (χ1v) is 2.42. The van der Waals surface area contributed by atoms with Crippen molar-refractivity contribution in [3.05, 3.63) is 12.2 Å². The van der Waals surface area contributed by atoms with E-state index in [2.05, 4.69) is 10.5 Å². The number of aliphatic hydroxyl groups excluding tert-OH is 1.